The largest absolute Gasteiger partial charge is 0.286 e. The lowest BCUT2D eigenvalue weighted by Gasteiger charge is -2.40. The molecule has 0 aromatic rings. The Balaban J connectivity index is 2.05. The molecule has 0 spiro atoms. The SMILES string of the molecule is CC(C)C1CCCC(C#N)(N2CCCCC2)CC1. The van der Waals surface area contributed by atoms with E-state index in [2.05, 4.69) is 24.8 Å². The first-order valence-corrected chi connectivity index (χ1v) is 7.84. The molecule has 1 saturated carbocycles. The summed E-state index contributed by atoms with van der Waals surface area (Å²) < 4.78 is 0. The standard InChI is InChI=1S/C16H28N2/c1-14(2)15-7-6-9-16(13-17,10-8-15)18-11-4-3-5-12-18/h14-15H,3-12H2,1-2H3. The van der Waals surface area contributed by atoms with Crippen LogP contribution in [0.5, 0.6) is 0 Å². The predicted molar refractivity (Wildman–Crippen MR) is 75.2 cm³/mol. The van der Waals surface area contributed by atoms with Gasteiger partial charge in [-0.15, -0.1) is 0 Å². The van der Waals surface area contributed by atoms with E-state index in [1.807, 2.05) is 0 Å². The number of piperidine rings is 1. The first-order chi connectivity index (χ1) is 8.68. The van der Waals surface area contributed by atoms with Crippen molar-refractivity contribution in [1.29, 1.82) is 5.26 Å². The molecule has 2 rings (SSSR count). The fourth-order valence-electron chi connectivity index (χ4n) is 3.84. The molecule has 102 valence electrons. The smallest absolute Gasteiger partial charge is 0.109 e. The number of likely N-dealkylation sites (tertiary alicyclic amines) is 1. The predicted octanol–water partition coefficient (Wildman–Crippen LogP) is 3.97. The summed E-state index contributed by atoms with van der Waals surface area (Å²) in [4.78, 5) is 2.51. The van der Waals surface area contributed by atoms with Crippen LogP contribution < -0.4 is 0 Å². The first-order valence-electron chi connectivity index (χ1n) is 7.84. The van der Waals surface area contributed by atoms with Crippen LogP contribution in [0.2, 0.25) is 0 Å². The van der Waals surface area contributed by atoms with Crippen molar-refractivity contribution in [2.75, 3.05) is 13.1 Å². The zero-order valence-electron chi connectivity index (χ0n) is 12.1. The number of hydrogen-bond acceptors (Lipinski definition) is 2. The molecule has 1 aliphatic heterocycles. The van der Waals surface area contributed by atoms with E-state index < -0.39 is 0 Å². The maximum Gasteiger partial charge on any atom is 0.109 e. The summed E-state index contributed by atoms with van der Waals surface area (Å²) >= 11 is 0. The molecule has 2 aliphatic rings. The highest BCUT2D eigenvalue weighted by Crippen LogP contribution is 2.38. The minimum absolute atomic E-state index is 0.121. The van der Waals surface area contributed by atoms with Crippen LogP contribution in [-0.4, -0.2) is 23.5 Å². The molecule has 2 nitrogen and oxygen atoms in total. The molecular formula is C16H28N2. The van der Waals surface area contributed by atoms with E-state index in [4.69, 9.17) is 0 Å². The molecule has 1 aliphatic carbocycles. The van der Waals surface area contributed by atoms with Crippen molar-refractivity contribution in [2.24, 2.45) is 11.8 Å². The normalized spacial score (nSPS) is 35.1. The molecule has 2 atom stereocenters. The third-order valence-electron chi connectivity index (χ3n) is 5.21. The van der Waals surface area contributed by atoms with Gasteiger partial charge in [-0.05, 0) is 57.0 Å². The Labute approximate surface area is 112 Å². The van der Waals surface area contributed by atoms with E-state index in [0.717, 1.165) is 37.8 Å². The van der Waals surface area contributed by atoms with Gasteiger partial charge in [0.05, 0.1) is 6.07 Å². The zero-order valence-corrected chi connectivity index (χ0v) is 12.1. The van der Waals surface area contributed by atoms with E-state index in [0.29, 0.717) is 0 Å². The van der Waals surface area contributed by atoms with Crippen LogP contribution in [0.1, 0.15) is 65.2 Å². The van der Waals surface area contributed by atoms with Crippen molar-refractivity contribution < 1.29 is 0 Å². The number of nitriles is 1. The lowest BCUT2D eigenvalue weighted by atomic mass is 9.85. The number of nitrogens with zero attached hydrogens (tertiary/aromatic N) is 2. The average Bonchev–Trinajstić information content (AvgIpc) is 2.63. The second-order valence-electron chi connectivity index (χ2n) is 6.63. The minimum Gasteiger partial charge on any atom is -0.286 e. The zero-order chi connectivity index (χ0) is 13.0. The van der Waals surface area contributed by atoms with Gasteiger partial charge in [0.1, 0.15) is 5.54 Å². The maximum atomic E-state index is 9.75. The topological polar surface area (TPSA) is 27.0 Å². The second-order valence-corrected chi connectivity index (χ2v) is 6.63. The Kier molecular flexibility index (Phi) is 4.67. The van der Waals surface area contributed by atoms with Crippen LogP contribution in [0.15, 0.2) is 0 Å². The van der Waals surface area contributed by atoms with Gasteiger partial charge in [0.2, 0.25) is 0 Å². The van der Waals surface area contributed by atoms with Crippen LogP contribution in [0.3, 0.4) is 0 Å². The Morgan fingerprint density at radius 1 is 1.06 bits per heavy atom. The molecule has 1 heterocycles. The van der Waals surface area contributed by atoms with E-state index in [1.165, 1.54) is 38.5 Å². The van der Waals surface area contributed by atoms with Gasteiger partial charge in [0.15, 0.2) is 0 Å². The summed E-state index contributed by atoms with van der Waals surface area (Å²) in [5, 5.41) is 9.75. The lowest BCUT2D eigenvalue weighted by molar-refractivity contribution is 0.0948. The van der Waals surface area contributed by atoms with Gasteiger partial charge in [-0.25, -0.2) is 0 Å². The third-order valence-corrected chi connectivity index (χ3v) is 5.21. The third kappa shape index (κ3) is 2.88. The molecule has 2 unspecified atom stereocenters. The molecular weight excluding hydrogens is 220 g/mol. The van der Waals surface area contributed by atoms with Crippen LogP contribution >= 0.6 is 0 Å². The molecule has 0 aromatic heterocycles. The second kappa shape index (κ2) is 6.06. The molecule has 0 radical (unpaired) electrons. The maximum absolute atomic E-state index is 9.75. The lowest BCUT2D eigenvalue weighted by Crippen LogP contribution is -2.49. The van der Waals surface area contributed by atoms with Gasteiger partial charge >= 0.3 is 0 Å². The first kappa shape index (κ1) is 13.9. The number of hydrogen-bond donors (Lipinski definition) is 0. The van der Waals surface area contributed by atoms with Crippen molar-refractivity contribution in [3.8, 4) is 6.07 Å². The van der Waals surface area contributed by atoms with E-state index >= 15 is 0 Å². The molecule has 0 aromatic carbocycles. The van der Waals surface area contributed by atoms with Crippen LogP contribution in [0.4, 0.5) is 0 Å². The molecule has 2 heteroatoms. The highest BCUT2D eigenvalue weighted by atomic mass is 15.2. The minimum atomic E-state index is -0.121. The van der Waals surface area contributed by atoms with E-state index in [-0.39, 0.29) is 5.54 Å². The van der Waals surface area contributed by atoms with Gasteiger partial charge in [-0.1, -0.05) is 33.1 Å². The van der Waals surface area contributed by atoms with Crippen molar-refractivity contribution in [1.82, 2.24) is 4.90 Å². The quantitative estimate of drug-likeness (QED) is 0.691. The summed E-state index contributed by atoms with van der Waals surface area (Å²) in [6.07, 6.45) is 9.96. The van der Waals surface area contributed by atoms with Gasteiger partial charge in [0.25, 0.3) is 0 Å². The van der Waals surface area contributed by atoms with Crippen molar-refractivity contribution in [2.45, 2.75) is 70.8 Å². The Bertz CT molecular complexity index is 299. The molecule has 0 bridgehead atoms. The van der Waals surface area contributed by atoms with Gasteiger partial charge in [0, 0.05) is 0 Å². The number of rotatable bonds is 2. The highest BCUT2D eigenvalue weighted by molar-refractivity contribution is 5.10. The molecule has 0 N–H and O–H groups in total. The van der Waals surface area contributed by atoms with Gasteiger partial charge in [-0.3, -0.25) is 4.90 Å². The summed E-state index contributed by atoms with van der Waals surface area (Å²) in [6.45, 7) is 6.98. The fourth-order valence-corrected chi connectivity index (χ4v) is 3.84. The monoisotopic (exact) mass is 248 g/mol. The average molecular weight is 248 g/mol. The van der Waals surface area contributed by atoms with E-state index in [9.17, 15) is 5.26 Å². The van der Waals surface area contributed by atoms with Crippen LogP contribution in [0, 0.1) is 23.2 Å². The molecule has 1 saturated heterocycles. The van der Waals surface area contributed by atoms with Crippen molar-refractivity contribution >= 4 is 0 Å². The van der Waals surface area contributed by atoms with Gasteiger partial charge in [-0.2, -0.15) is 5.26 Å². The van der Waals surface area contributed by atoms with Crippen molar-refractivity contribution in [3.05, 3.63) is 0 Å². The molecule has 18 heavy (non-hydrogen) atoms. The van der Waals surface area contributed by atoms with Crippen molar-refractivity contribution in [3.63, 3.8) is 0 Å². The summed E-state index contributed by atoms with van der Waals surface area (Å²) in [5.74, 6) is 1.62. The summed E-state index contributed by atoms with van der Waals surface area (Å²) in [7, 11) is 0. The Morgan fingerprint density at radius 3 is 2.39 bits per heavy atom. The molecule has 0 amide bonds. The van der Waals surface area contributed by atoms with E-state index in [1.54, 1.807) is 0 Å². The van der Waals surface area contributed by atoms with Crippen LogP contribution in [0.25, 0.3) is 0 Å². The van der Waals surface area contributed by atoms with Crippen LogP contribution in [-0.2, 0) is 0 Å². The highest BCUT2D eigenvalue weighted by Gasteiger charge is 2.39. The molecule has 2 fully saturated rings. The Hall–Kier alpha value is -0.550. The van der Waals surface area contributed by atoms with Gasteiger partial charge < -0.3 is 0 Å². The summed E-state index contributed by atoms with van der Waals surface area (Å²) in [5.41, 5.74) is -0.121. The fraction of sp³-hybridized carbons (Fsp3) is 0.938. The summed E-state index contributed by atoms with van der Waals surface area (Å²) in [6, 6.07) is 2.71. The Morgan fingerprint density at radius 2 is 1.78 bits per heavy atom.